The minimum atomic E-state index is -0.565. The first-order chi connectivity index (χ1) is 7.67. The Kier molecular flexibility index (Phi) is 6.16. The molecule has 100 valence electrons. The molecule has 0 rings (SSSR count). The van der Waals surface area contributed by atoms with Crippen molar-refractivity contribution in [3.63, 3.8) is 0 Å². The van der Waals surface area contributed by atoms with Crippen LogP contribution in [0.1, 0.15) is 41.5 Å². The van der Waals surface area contributed by atoms with Gasteiger partial charge in [0, 0.05) is 12.1 Å². The van der Waals surface area contributed by atoms with Crippen LogP contribution in [0.25, 0.3) is 0 Å². The molecule has 5 nitrogen and oxygen atoms in total. The quantitative estimate of drug-likeness (QED) is 0.752. The molecule has 0 aromatic heterocycles. The van der Waals surface area contributed by atoms with Gasteiger partial charge in [-0.05, 0) is 41.5 Å². The summed E-state index contributed by atoms with van der Waals surface area (Å²) in [5.41, 5.74) is -0.304. The van der Waals surface area contributed by atoms with Crippen LogP contribution in [0.5, 0.6) is 0 Å². The Hall–Kier alpha value is -1.10. The van der Waals surface area contributed by atoms with Crippen LogP contribution >= 0.6 is 0 Å². The topological polar surface area (TPSA) is 67.4 Å². The van der Waals surface area contributed by atoms with Gasteiger partial charge in [-0.15, -0.1) is 0 Å². The first kappa shape index (κ1) is 15.9. The van der Waals surface area contributed by atoms with Crippen LogP contribution < -0.4 is 10.6 Å². The zero-order chi connectivity index (χ0) is 13.6. The van der Waals surface area contributed by atoms with E-state index in [4.69, 9.17) is 4.74 Å². The lowest BCUT2D eigenvalue weighted by atomic mass is 10.1. The molecule has 0 aliphatic rings. The van der Waals surface area contributed by atoms with Crippen molar-refractivity contribution in [1.82, 2.24) is 10.6 Å². The molecule has 5 heteroatoms. The van der Waals surface area contributed by atoms with Crippen LogP contribution in [-0.4, -0.2) is 36.1 Å². The largest absolute Gasteiger partial charge is 0.369 e. The summed E-state index contributed by atoms with van der Waals surface area (Å²) in [5, 5.41) is 5.41. The Morgan fingerprint density at radius 3 is 2.12 bits per heavy atom. The zero-order valence-corrected chi connectivity index (χ0v) is 11.6. The Bertz CT molecular complexity index is 271. The molecule has 2 unspecified atom stereocenters. The summed E-state index contributed by atoms with van der Waals surface area (Å²) in [6, 6.07) is -0.565. The van der Waals surface area contributed by atoms with Crippen molar-refractivity contribution in [3.8, 4) is 0 Å². The number of hydrogen-bond acceptors (Lipinski definition) is 3. The van der Waals surface area contributed by atoms with E-state index >= 15 is 0 Å². The second kappa shape index (κ2) is 6.59. The molecule has 0 fully saturated rings. The van der Waals surface area contributed by atoms with Crippen molar-refractivity contribution in [2.24, 2.45) is 0 Å². The second-order valence-corrected chi connectivity index (χ2v) is 5.07. The number of carbonyl (C=O) groups is 2. The highest BCUT2D eigenvalue weighted by atomic mass is 16.5. The molecule has 0 radical (unpaired) electrons. The molecule has 2 N–H and O–H groups in total. The van der Waals surface area contributed by atoms with Crippen molar-refractivity contribution in [1.29, 1.82) is 0 Å². The first-order valence-corrected chi connectivity index (χ1v) is 5.91. The molecule has 2 atom stereocenters. The highest BCUT2D eigenvalue weighted by molar-refractivity contribution is 5.89. The lowest BCUT2D eigenvalue weighted by Crippen LogP contribution is -2.52. The molecule has 0 saturated heterocycles. The van der Waals surface area contributed by atoms with Gasteiger partial charge in [0.15, 0.2) is 0 Å². The molecule has 0 heterocycles. The van der Waals surface area contributed by atoms with Crippen LogP contribution in [0.2, 0.25) is 0 Å². The van der Waals surface area contributed by atoms with Crippen LogP contribution in [-0.2, 0) is 14.3 Å². The standard InChI is InChI=1S/C12H24N2O3/c1-7-17-9(3)11(16)13-8(2)10(15)14-12(4,5)6/h8-9H,7H2,1-6H3,(H,13,16)(H,14,15). The molecule has 0 aromatic rings. The predicted octanol–water partition coefficient (Wildman–Crippen LogP) is 0.831. The molecule has 0 aliphatic carbocycles. The number of carbonyl (C=O) groups excluding carboxylic acids is 2. The van der Waals surface area contributed by atoms with Gasteiger partial charge < -0.3 is 15.4 Å². The molecule has 2 amide bonds. The van der Waals surface area contributed by atoms with E-state index in [0.717, 1.165) is 0 Å². The van der Waals surface area contributed by atoms with Gasteiger partial charge in [-0.3, -0.25) is 9.59 Å². The average molecular weight is 244 g/mol. The summed E-state index contributed by atoms with van der Waals surface area (Å²) in [6.45, 7) is 11.3. The monoisotopic (exact) mass is 244 g/mol. The lowest BCUT2D eigenvalue weighted by molar-refractivity contribution is -0.135. The minimum absolute atomic E-state index is 0.199. The van der Waals surface area contributed by atoms with Crippen LogP contribution in [0.15, 0.2) is 0 Å². The predicted molar refractivity (Wildman–Crippen MR) is 66.6 cm³/mol. The van der Waals surface area contributed by atoms with Gasteiger partial charge in [-0.1, -0.05) is 0 Å². The summed E-state index contributed by atoms with van der Waals surface area (Å²) in [7, 11) is 0. The number of amides is 2. The van der Waals surface area contributed by atoms with Gasteiger partial charge in [-0.2, -0.15) is 0 Å². The third kappa shape index (κ3) is 6.94. The van der Waals surface area contributed by atoms with Crippen molar-refractivity contribution in [2.45, 2.75) is 59.2 Å². The number of ether oxygens (including phenoxy) is 1. The maximum atomic E-state index is 11.7. The number of rotatable bonds is 5. The zero-order valence-electron chi connectivity index (χ0n) is 11.6. The van der Waals surface area contributed by atoms with E-state index in [-0.39, 0.29) is 17.4 Å². The van der Waals surface area contributed by atoms with E-state index in [1.807, 2.05) is 27.7 Å². The molecule has 0 spiro atoms. The Morgan fingerprint density at radius 1 is 1.18 bits per heavy atom. The van der Waals surface area contributed by atoms with E-state index in [1.54, 1.807) is 13.8 Å². The maximum absolute atomic E-state index is 11.7. The van der Waals surface area contributed by atoms with E-state index in [2.05, 4.69) is 10.6 Å². The normalized spacial score (nSPS) is 14.9. The number of nitrogens with one attached hydrogen (secondary N) is 2. The molecule has 0 aromatic carbocycles. The minimum Gasteiger partial charge on any atom is -0.369 e. The molecule has 0 bridgehead atoms. The lowest BCUT2D eigenvalue weighted by Gasteiger charge is -2.24. The number of hydrogen-bond donors (Lipinski definition) is 2. The van der Waals surface area contributed by atoms with Crippen LogP contribution in [0, 0.1) is 0 Å². The fourth-order valence-corrected chi connectivity index (χ4v) is 1.20. The van der Waals surface area contributed by atoms with Crippen molar-refractivity contribution in [3.05, 3.63) is 0 Å². The van der Waals surface area contributed by atoms with Crippen molar-refractivity contribution in [2.75, 3.05) is 6.61 Å². The Balaban J connectivity index is 4.21. The Morgan fingerprint density at radius 2 is 1.71 bits per heavy atom. The highest BCUT2D eigenvalue weighted by Crippen LogP contribution is 2.00. The average Bonchev–Trinajstić information content (AvgIpc) is 2.15. The highest BCUT2D eigenvalue weighted by Gasteiger charge is 2.22. The SMILES string of the molecule is CCOC(C)C(=O)NC(C)C(=O)NC(C)(C)C. The second-order valence-electron chi connectivity index (χ2n) is 5.07. The molecule has 0 saturated carbocycles. The summed E-state index contributed by atoms with van der Waals surface area (Å²) in [6.07, 6.45) is -0.537. The summed E-state index contributed by atoms with van der Waals surface area (Å²) < 4.78 is 5.14. The van der Waals surface area contributed by atoms with Crippen molar-refractivity contribution < 1.29 is 14.3 Å². The molecule has 0 aliphatic heterocycles. The van der Waals surface area contributed by atoms with Gasteiger partial charge in [0.2, 0.25) is 11.8 Å². The van der Waals surface area contributed by atoms with E-state index in [1.165, 1.54) is 0 Å². The van der Waals surface area contributed by atoms with Gasteiger partial charge in [0.1, 0.15) is 12.1 Å². The van der Waals surface area contributed by atoms with Gasteiger partial charge in [-0.25, -0.2) is 0 Å². The summed E-state index contributed by atoms with van der Waals surface area (Å²) >= 11 is 0. The van der Waals surface area contributed by atoms with E-state index in [9.17, 15) is 9.59 Å². The van der Waals surface area contributed by atoms with E-state index < -0.39 is 12.1 Å². The first-order valence-electron chi connectivity index (χ1n) is 5.91. The fraction of sp³-hybridized carbons (Fsp3) is 0.833. The third-order valence-electron chi connectivity index (χ3n) is 2.04. The van der Waals surface area contributed by atoms with Crippen LogP contribution in [0.4, 0.5) is 0 Å². The van der Waals surface area contributed by atoms with E-state index in [0.29, 0.717) is 6.61 Å². The summed E-state index contributed by atoms with van der Waals surface area (Å²) in [4.78, 5) is 23.3. The maximum Gasteiger partial charge on any atom is 0.249 e. The Labute approximate surface area is 103 Å². The van der Waals surface area contributed by atoms with Gasteiger partial charge in [0.25, 0.3) is 0 Å². The van der Waals surface area contributed by atoms with Crippen LogP contribution in [0.3, 0.4) is 0 Å². The molecular formula is C12H24N2O3. The molecular weight excluding hydrogens is 220 g/mol. The molecule has 17 heavy (non-hydrogen) atoms. The van der Waals surface area contributed by atoms with Gasteiger partial charge in [0.05, 0.1) is 0 Å². The smallest absolute Gasteiger partial charge is 0.249 e. The third-order valence-corrected chi connectivity index (χ3v) is 2.04. The summed E-state index contributed by atoms with van der Waals surface area (Å²) in [5.74, 6) is -0.474. The van der Waals surface area contributed by atoms with Gasteiger partial charge >= 0.3 is 0 Å². The van der Waals surface area contributed by atoms with Crippen molar-refractivity contribution >= 4 is 11.8 Å². The fourth-order valence-electron chi connectivity index (χ4n) is 1.20.